The maximum Gasteiger partial charge on any atom is 0.407 e. The molecule has 1 saturated heterocycles. The Kier molecular flexibility index (Phi) is 7.09. The van der Waals surface area contributed by atoms with E-state index in [0.29, 0.717) is 30.2 Å². The van der Waals surface area contributed by atoms with E-state index < -0.39 is 23.0 Å². The Labute approximate surface area is 194 Å². The number of benzene rings is 1. The summed E-state index contributed by atoms with van der Waals surface area (Å²) in [6.07, 6.45) is 2.18. The van der Waals surface area contributed by atoms with Gasteiger partial charge in [0.25, 0.3) is 5.56 Å². The molecule has 32 heavy (non-hydrogen) atoms. The number of carbonyl (C=O) groups excluding carboxylic acids is 1. The Balaban J connectivity index is 1.88. The molecule has 1 atom stereocenters. The van der Waals surface area contributed by atoms with Crippen LogP contribution in [0.25, 0.3) is 0 Å². The zero-order valence-corrected chi connectivity index (χ0v) is 19.8. The molecular formula is C22H26BrN5O4. The fourth-order valence-electron chi connectivity index (χ4n) is 3.59. The maximum absolute atomic E-state index is 12.8. The van der Waals surface area contributed by atoms with Crippen LogP contribution < -0.4 is 15.8 Å². The number of rotatable bonds is 4. The van der Waals surface area contributed by atoms with Crippen LogP contribution in [0.1, 0.15) is 44.7 Å². The van der Waals surface area contributed by atoms with Crippen molar-refractivity contribution in [1.82, 2.24) is 14.9 Å². The summed E-state index contributed by atoms with van der Waals surface area (Å²) in [7, 11) is 0. The number of aromatic nitrogens is 2. The number of hydrogen-bond donors (Lipinski definition) is 2. The van der Waals surface area contributed by atoms with Crippen LogP contribution >= 0.6 is 15.9 Å². The molecule has 0 unspecified atom stereocenters. The number of amides is 1. The van der Waals surface area contributed by atoms with E-state index in [-0.39, 0.29) is 12.6 Å². The van der Waals surface area contributed by atoms with Crippen LogP contribution in [0.15, 0.2) is 33.7 Å². The Morgan fingerprint density at radius 1 is 1.44 bits per heavy atom. The van der Waals surface area contributed by atoms with Gasteiger partial charge in [0.2, 0.25) is 11.7 Å². The summed E-state index contributed by atoms with van der Waals surface area (Å²) in [6.45, 7) is 6.54. The number of alkyl carbamates (subject to hydrolysis) is 1. The summed E-state index contributed by atoms with van der Waals surface area (Å²) in [5, 5.41) is 22.3. The number of nitriles is 1. The van der Waals surface area contributed by atoms with Crippen LogP contribution in [0.4, 0.5) is 10.7 Å². The number of piperidine rings is 1. The lowest BCUT2D eigenvalue weighted by molar-refractivity contribution is 0.0499. The van der Waals surface area contributed by atoms with Gasteiger partial charge in [0.05, 0.1) is 24.4 Å². The molecule has 9 nitrogen and oxygen atoms in total. The molecule has 10 heteroatoms. The monoisotopic (exact) mass is 503 g/mol. The van der Waals surface area contributed by atoms with Crippen LogP contribution in [0, 0.1) is 11.3 Å². The highest BCUT2D eigenvalue weighted by Gasteiger charge is 2.27. The van der Waals surface area contributed by atoms with Crippen molar-refractivity contribution in [2.24, 2.45) is 0 Å². The smallest absolute Gasteiger partial charge is 0.407 e. The largest absolute Gasteiger partial charge is 0.502 e. The average Bonchev–Trinajstić information content (AvgIpc) is 2.70. The molecule has 0 aliphatic carbocycles. The van der Waals surface area contributed by atoms with Crippen molar-refractivity contribution in [2.75, 3.05) is 18.0 Å². The summed E-state index contributed by atoms with van der Waals surface area (Å²) < 4.78 is 7.48. The first-order chi connectivity index (χ1) is 15.1. The molecule has 0 radical (unpaired) electrons. The zero-order valence-electron chi connectivity index (χ0n) is 18.3. The molecule has 0 saturated carbocycles. The van der Waals surface area contributed by atoms with Gasteiger partial charge in [0.1, 0.15) is 5.60 Å². The third-order valence-electron chi connectivity index (χ3n) is 4.95. The van der Waals surface area contributed by atoms with E-state index in [2.05, 4.69) is 32.3 Å². The van der Waals surface area contributed by atoms with Crippen molar-refractivity contribution in [3.8, 4) is 11.8 Å². The second-order valence-electron chi connectivity index (χ2n) is 8.68. The second kappa shape index (κ2) is 9.61. The summed E-state index contributed by atoms with van der Waals surface area (Å²) in [6, 6.07) is 7.14. The molecule has 170 valence electrons. The minimum atomic E-state index is -0.597. The number of hydrogen-bond acceptors (Lipinski definition) is 7. The number of halogens is 1. The van der Waals surface area contributed by atoms with Crippen LogP contribution in [0.5, 0.6) is 5.75 Å². The van der Waals surface area contributed by atoms with E-state index in [0.717, 1.165) is 23.5 Å². The zero-order chi connectivity index (χ0) is 23.5. The SMILES string of the molecule is CC(C)(C)OC(=O)N[C@@H]1CCCN(c2ncc(O)c(=O)n2Cc2cc(Br)ccc2C#N)C1. The molecule has 1 aromatic heterocycles. The van der Waals surface area contributed by atoms with Crippen LogP contribution in [0.2, 0.25) is 0 Å². The maximum atomic E-state index is 12.8. The molecule has 1 aliphatic heterocycles. The molecule has 0 spiro atoms. The van der Waals surface area contributed by atoms with Crippen LogP contribution in [0.3, 0.4) is 0 Å². The van der Waals surface area contributed by atoms with Gasteiger partial charge in [-0.3, -0.25) is 9.36 Å². The van der Waals surface area contributed by atoms with Gasteiger partial charge in [0, 0.05) is 23.6 Å². The highest BCUT2D eigenvalue weighted by Crippen LogP contribution is 2.22. The number of aromatic hydroxyl groups is 1. The van der Waals surface area contributed by atoms with E-state index in [1.807, 2.05) is 4.90 Å². The van der Waals surface area contributed by atoms with Crippen LogP contribution in [-0.4, -0.2) is 45.5 Å². The first-order valence-electron chi connectivity index (χ1n) is 10.3. The van der Waals surface area contributed by atoms with Crippen molar-refractivity contribution >= 4 is 28.0 Å². The number of nitrogens with one attached hydrogen (secondary N) is 1. The molecule has 0 bridgehead atoms. The van der Waals surface area contributed by atoms with Crippen molar-refractivity contribution in [3.05, 3.63) is 50.3 Å². The Hall–Kier alpha value is -3.06. The van der Waals surface area contributed by atoms with Crippen molar-refractivity contribution in [3.63, 3.8) is 0 Å². The summed E-state index contributed by atoms with van der Waals surface area (Å²) >= 11 is 3.39. The summed E-state index contributed by atoms with van der Waals surface area (Å²) in [5.74, 6) is -0.102. The first kappa shape index (κ1) is 23.6. The van der Waals surface area contributed by atoms with E-state index in [9.17, 15) is 20.0 Å². The lowest BCUT2D eigenvalue weighted by Crippen LogP contribution is -2.50. The van der Waals surface area contributed by atoms with Gasteiger partial charge in [-0.2, -0.15) is 5.26 Å². The lowest BCUT2D eigenvalue weighted by Gasteiger charge is -2.35. The van der Waals surface area contributed by atoms with Crippen LogP contribution in [-0.2, 0) is 11.3 Å². The van der Waals surface area contributed by atoms with Gasteiger partial charge in [-0.1, -0.05) is 15.9 Å². The first-order valence-corrected chi connectivity index (χ1v) is 11.1. The molecule has 2 N–H and O–H groups in total. The summed E-state index contributed by atoms with van der Waals surface area (Å²) in [4.78, 5) is 31.2. The molecule has 2 heterocycles. The molecule has 1 fully saturated rings. The number of ether oxygens (including phenoxy) is 1. The number of nitrogens with zero attached hydrogens (tertiary/aromatic N) is 4. The highest BCUT2D eigenvalue weighted by atomic mass is 79.9. The van der Waals surface area contributed by atoms with Gasteiger partial charge in [-0.25, -0.2) is 9.78 Å². The normalized spacial score (nSPS) is 16.3. The predicted molar refractivity (Wildman–Crippen MR) is 123 cm³/mol. The van der Waals surface area contributed by atoms with Gasteiger partial charge >= 0.3 is 6.09 Å². The van der Waals surface area contributed by atoms with Gasteiger partial charge in [-0.15, -0.1) is 0 Å². The minimum absolute atomic E-state index is 0.0680. The number of carbonyl (C=O) groups is 1. The minimum Gasteiger partial charge on any atom is -0.502 e. The van der Waals surface area contributed by atoms with E-state index in [1.54, 1.807) is 39.0 Å². The molecule has 1 aromatic carbocycles. The lowest BCUT2D eigenvalue weighted by atomic mass is 10.1. The van der Waals surface area contributed by atoms with E-state index in [1.165, 1.54) is 4.57 Å². The Bertz CT molecular complexity index is 1100. The van der Waals surface area contributed by atoms with Crippen molar-refractivity contribution in [1.29, 1.82) is 5.26 Å². The predicted octanol–water partition coefficient (Wildman–Crippen LogP) is 3.12. The number of anilines is 1. The third kappa shape index (κ3) is 5.79. The van der Waals surface area contributed by atoms with Gasteiger partial charge in [-0.05, 0) is 57.4 Å². The van der Waals surface area contributed by atoms with E-state index >= 15 is 0 Å². The topological polar surface area (TPSA) is 120 Å². The standard InChI is InChI=1S/C22H26BrN5O4/c1-22(2,3)32-21(31)26-17-5-4-8-27(13-17)20-25-11-18(29)19(30)28(20)12-15-9-16(23)7-6-14(15)10-24/h6-7,9,11,17,29H,4-5,8,12-13H2,1-3H3,(H,26,31)/t17-/m1/s1. The fourth-order valence-corrected chi connectivity index (χ4v) is 4.00. The molecule has 3 rings (SSSR count). The quantitative estimate of drug-likeness (QED) is 0.657. The third-order valence-corrected chi connectivity index (χ3v) is 5.44. The highest BCUT2D eigenvalue weighted by molar-refractivity contribution is 9.10. The van der Waals surface area contributed by atoms with Crippen molar-refractivity contribution in [2.45, 2.75) is 51.8 Å². The van der Waals surface area contributed by atoms with E-state index in [4.69, 9.17) is 4.74 Å². The molecular weight excluding hydrogens is 478 g/mol. The Morgan fingerprint density at radius 2 is 2.19 bits per heavy atom. The fraction of sp³-hybridized carbons (Fsp3) is 0.455. The molecule has 1 aliphatic rings. The second-order valence-corrected chi connectivity index (χ2v) is 9.60. The Morgan fingerprint density at radius 3 is 2.88 bits per heavy atom. The van der Waals surface area contributed by atoms with Gasteiger partial charge < -0.3 is 20.1 Å². The van der Waals surface area contributed by atoms with Crippen molar-refractivity contribution < 1.29 is 14.6 Å². The molecule has 1 amide bonds. The average molecular weight is 504 g/mol. The molecule has 2 aromatic rings. The summed E-state index contributed by atoms with van der Waals surface area (Å²) in [5.41, 5.74) is -0.142. The van der Waals surface area contributed by atoms with Gasteiger partial charge in [0.15, 0.2) is 0 Å².